The lowest BCUT2D eigenvalue weighted by Gasteiger charge is -1.82. The molecule has 2 nitrogen and oxygen atoms in total. The van der Waals surface area contributed by atoms with Crippen molar-refractivity contribution < 1.29 is 10.2 Å². The normalized spacial score (nSPS) is 7.90. The second kappa shape index (κ2) is 6.26. The molecule has 0 spiro atoms. The van der Waals surface area contributed by atoms with E-state index in [0.717, 1.165) is 0 Å². The van der Waals surface area contributed by atoms with Crippen molar-refractivity contribution in [3.63, 3.8) is 0 Å². The van der Waals surface area contributed by atoms with E-state index in [1.807, 2.05) is 18.2 Å². The molecule has 0 unspecified atom stereocenters. The predicted octanol–water partition coefficient (Wildman–Crippen LogP) is 0.924. The van der Waals surface area contributed by atoms with Gasteiger partial charge in [0.25, 0.3) is 0 Å². The topological polar surface area (TPSA) is 40.5 Å². The third kappa shape index (κ3) is 5.28. The van der Waals surface area contributed by atoms with E-state index in [4.69, 9.17) is 10.2 Å². The first-order chi connectivity index (χ1) is 4.81. The van der Waals surface area contributed by atoms with Gasteiger partial charge >= 0.3 is 0 Å². The first kappa shape index (κ1) is 9.14. The number of rotatable bonds is 0. The summed E-state index contributed by atoms with van der Waals surface area (Å²) in [7, 11) is 0. The van der Waals surface area contributed by atoms with Crippen LogP contribution in [0.5, 0.6) is 0 Å². The first-order valence-electron chi connectivity index (χ1n) is 3.04. The van der Waals surface area contributed by atoms with E-state index in [-0.39, 0.29) is 0 Å². The second-order valence-electron chi connectivity index (χ2n) is 1.80. The fourth-order valence-electron chi connectivity index (χ4n) is 0.534. The van der Waals surface area contributed by atoms with Gasteiger partial charge in [-0.2, -0.15) is 0 Å². The summed E-state index contributed by atoms with van der Waals surface area (Å²) < 4.78 is 0. The molecule has 0 heterocycles. The van der Waals surface area contributed by atoms with Crippen LogP contribution in [0, 0.1) is 6.92 Å². The Morgan fingerprint density at radius 1 is 1.10 bits per heavy atom. The molecule has 0 fully saturated rings. The van der Waals surface area contributed by atoms with Crippen LogP contribution in [0.3, 0.4) is 0 Å². The fourth-order valence-corrected chi connectivity index (χ4v) is 0.534. The third-order valence-corrected chi connectivity index (χ3v) is 0.940. The molecular weight excluding hydrogens is 128 g/mol. The average molecular weight is 140 g/mol. The van der Waals surface area contributed by atoms with Gasteiger partial charge in [-0.15, -0.1) is 0 Å². The van der Waals surface area contributed by atoms with Gasteiger partial charge in [0.2, 0.25) is 0 Å². The molecule has 0 aliphatic carbocycles. The maximum Gasteiger partial charge on any atom is 0.140 e. The highest BCUT2D eigenvalue weighted by molar-refractivity contribution is 5.11. The van der Waals surface area contributed by atoms with Crippen LogP contribution in [0.25, 0.3) is 0 Å². The van der Waals surface area contributed by atoms with Gasteiger partial charge in [0.1, 0.15) is 6.79 Å². The van der Waals surface area contributed by atoms with Gasteiger partial charge in [-0.25, -0.2) is 0 Å². The Hall–Kier alpha value is -0.860. The Morgan fingerprint density at radius 3 is 1.70 bits per heavy atom. The van der Waals surface area contributed by atoms with Gasteiger partial charge in [0.15, 0.2) is 0 Å². The molecule has 0 radical (unpaired) electrons. The largest absolute Gasteiger partial charge is 0.371 e. The summed E-state index contributed by atoms with van der Waals surface area (Å²) in [4.78, 5) is 0. The summed E-state index contributed by atoms with van der Waals surface area (Å²) >= 11 is 0. The number of benzene rings is 1. The average Bonchev–Trinajstić information content (AvgIpc) is 1.91. The minimum absolute atomic E-state index is 0.750. The van der Waals surface area contributed by atoms with E-state index < -0.39 is 6.79 Å². The van der Waals surface area contributed by atoms with Gasteiger partial charge in [0, 0.05) is 0 Å². The van der Waals surface area contributed by atoms with Crippen molar-refractivity contribution in [2.45, 2.75) is 6.92 Å². The molecule has 0 saturated carbocycles. The number of hydrogen-bond acceptors (Lipinski definition) is 2. The standard InChI is InChI=1S/C7H8.CH4O2/c1-7-5-3-2-4-6-7;2-1-3/h2-6H,1H3;2-3H,1H2. The van der Waals surface area contributed by atoms with Gasteiger partial charge < -0.3 is 10.2 Å². The van der Waals surface area contributed by atoms with Gasteiger partial charge in [-0.1, -0.05) is 35.9 Å². The molecule has 56 valence electrons. The zero-order valence-corrected chi connectivity index (χ0v) is 5.99. The Labute approximate surface area is 60.8 Å². The molecular formula is C8H12O2. The minimum Gasteiger partial charge on any atom is -0.371 e. The molecule has 1 aromatic carbocycles. The summed E-state index contributed by atoms with van der Waals surface area (Å²) in [6, 6.07) is 10.3. The molecule has 0 bridgehead atoms. The van der Waals surface area contributed by atoms with Crippen LogP contribution in [0.2, 0.25) is 0 Å². The van der Waals surface area contributed by atoms with Gasteiger partial charge in [0.05, 0.1) is 0 Å². The van der Waals surface area contributed by atoms with Crippen molar-refractivity contribution in [1.29, 1.82) is 0 Å². The van der Waals surface area contributed by atoms with E-state index in [9.17, 15) is 0 Å². The summed E-state index contributed by atoms with van der Waals surface area (Å²) in [5.41, 5.74) is 1.32. The third-order valence-electron chi connectivity index (χ3n) is 0.940. The quantitative estimate of drug-likeness (QED) is 0.526. The van der Waals surface area contributed by atoms with Crippen LogP contribution in [0.1, 0.15) is 5.56 Å². The highest BCUT2D eigenvalue weighted by atomic mass is 16.5. The number of hydrogen-bond donors (Lipinski definition) is 2. The lowest BCUT2D eigenvalue weighted by Crippen LogP contribution is -1.66. The van der Waals surface area contributed by atoms with E-state index in [2.05, 4.69) is 19.1 Å². The molecule has 0 saturated heterocycles. The smallest absolute Gasteiger partial charge is 0.140 e. The molecule has 0 atom stereocenters. The molecule has 0 aliphatic rings. The molecule has 10 heavy (non-hydrogen) atoms. The van der Waals surface area contributed by atoms with E-state index in [1.165, 1.54) is 5.56 Å². The molecule has 0 amide bonds. The Balaban J connectivity index is 0.000000236. The number of aliphatic hydroxyl groups is 2. The maximum atomic E-state index is 7.12. The highest BCUT2D eigenvalue weighted by Crippen LogP contribution is 1.92. The molecule has 0 aliphatic heterocycles. The molecule has 1 aromatic rings. The monoisotopic (exact) mass is 140 g/mol. The minimum atomic E-state index is -0.750. The zero-order valence-electron chi connectivity index (χ0n) is 5.99. The van der Waals surface area contributed by atoms with Crippen molar-refractivity contribution in [1.82, 2.24) is 0 Å². The summed E-state index contributed by atoms with van der Waals surface area (Å²) in [6.07, 6.45) is 0. The van der Waals surface area contributed by atoms with Gasteiger partial charge in [-0.3, -0.25) is 0 Å². The van der Waals surface area contributed by atoms with Crippen LogP contribution >= 0.6 is 0 Å². The summed E-state index contributed by atoms with van der Waals surface area (Å²) in [5.74, 6) is 0. The van der Waals surface area contributed by atoms with Crippen LogP contribution < -0.4 is 0 Å². The molecule has 1 rings (SSSR count). The molecule has 2 heteroatoms. The van der Waals surface area contributed by atoms with Crippen molar-refractivity contribution in [3.8, 4) is 0 Å². The van der Waals surface area contributed by atoms with Crippen molar-refractivity contribution >= 4 is 0 Å². The molecule has 0 aromatic heterocycles. The number of aliphatic hydroxyl groups excluding tert-OH is 1. The van der Waals surface area contributed by atoms with Crippen molar-refractivity contribution in [2.75, 3.05) is 6.79 Å². The maximum absolute atomic E-state index is 7.12. The zero-order chi connectivity index (χ0) is 7.82. The number of aryl methyl sites for hydroxylation is 1. The second-order valence-corrected chi connectivity index (χ2v) is 1.80. The fraction of sp³-hybridized carbons (Fsp3) is 0.250. The van der Waals surface area contributed by atoms with E-state index in [0.29, 0.717) is 0 Å². The summed E-state index contributed by atoms with van der Waals surface area (Å²) in [6.45, 7) is 1.33. The van der Waals surface area contributed by atoms with Crippen LogP contribution in [-0.4, -0.2) is 17.0 Å². The Kier molecular flexibility index (Phi) is 5.72. The lowest BCUT2D eigenvalue weighted by atomic mass is 10.2. The molecule has 2 N–H and O–H groups in total. The van der Waals surface area contributed by atoms with Crippen molar-refractivity contribution in [3.05, 3.63) is 35.9 Å². The summed E-state index contributed by atoms with van der Waals surface area (Å²) in [5, 5.41) is 14.2. The van der Waals surface area contributed by atoms with Crippen LogP contribution in [-0.2, 0) is 0 Å². The van der Waals surface area contributed by atoms with E-state index >= 15 is 0 Å². The Morgan fingerprint density at radius 2 is 1.50 bits per heavy atom. The van der Waals surface area contributed by atoms with Crippen molar-refractivity contribution in [2.24, 2.45) is 0 Å². The van der Waals surface area contributed by atoms with Crippen LogP contribution in [0.15, 0.2) is 30.3 Å². The Bertz CT molecular complexity index is 149. The highest BCUT2D eigenvalue weighted by Gasteiger charge is 1.72. The SMILES string of the molecule is Cc1ccccc1.OCO. The van der Waals surface area contributed by atoms with Gasteiger partial charge in [-0.05, 0) is 6.92 Å². The lowest BCUT2D eigenvalue weighted by molar-refractivity contribution is 0.0773. The van der Waals surface area contributed by atoms with E-state index in [1.54, 1.807) is 0 Å². The predicted molar refractivity (Wildman–Crippen MR) is 40.5 cm³/mol. The van der Waals surface area contributed by atoms with Crippen LogP contribution in [0.4, 0.5) is 0 Å². The first-order valence-corrected chi connectivity index (χ1v) is 3.04.